The van der Waals surface area contributed by atoms with E-state index in [2.05, 4.69) is 13.0 Å². The van der Waals surface area contributed by atoms with Crippen LogP contribution >= 0.6 is 0 Å². The molecule has 4 rings (SSSR count). The van der Waals surface area contributed by atoms with Crippen LogP contribution in [0.2, 0.25) is 0 Å². The molecule has 0 N–H and O–H groups in total. The molecule has 0 saturated heterocycles. The lowest BCUT2D eigenvalue weighted by molar-refractivity contribution is 0.0950. The smallest absolute Gasteiger partial charge is 0.294 e. The molecule has 24 heavy (non-hydrogen) atoms. The SMILES string of the molecule is COCc1c(C(=O)N2c3ccccc3CC2C)oc2ccccc12. The number of benzene rings is 2. The number of ether oxygens (including phenoxy) is 1. The lowest BCUT2D eigenvalue weighted by Gasteiger charge is -2.22. The zero-order valence-corrected chi connectivity index (χ0v) is 13.8. The van der Waals surface area contributed by atoms with Gasteiger partial charge in [-0.1, -0.05) is 36.4 Å². The fourth-order valence-corrected chi connectivity index (χ4v) is 3.54. The summed E-state index contributed by atoms with van der Waals surface area (Å²) in [6.07, 6.45) is 0.863. The van der Waals surface area contributed by atoms with Gasteiger partial charge < -0.3 is 14.1 Å². The number of hydrogen-bond acceptors (Lipinski definition) is 3. The molecular weight excluding hydrogens is 302 g/mol. The molecule has 0 spiro atoms. The molecule has 3 aromatic rings. The summed E-state index contributed by atoms with van der Waals surface area (Å²) in [5, 5.41) is 0.933. The molecule has 1 aliphatic rings. The zero-order chi connectivity index (χ0) is 16.7. The van der Waals surface area contributed by atoms with Crippen molar-refractivity contribution in [3.8, 4) is 0 Å². The minimum Gasteiger partial charge on any atom is -0.450 e. The van der Waals surface area contributed by atoms with E-state index in [4.69, 9.17) is 9.15 Å². The van der Waals surface area contributed by atoms with Crippen LogP contribution in [0.4, 0.5) is 5.69 Å². The van der Waals surface area contributed by atoms with E-state index in [0.717, 1.165) is 23.1 Å². The van der Waals surface area contributed by atoms with Crippen LogP contribution in [0.3, 0.4) is 0 Å². The van der Waals surface area contributed by atoms with Crippen LogP contribution < -0.4 is 4.90 Å². The van der Waals surface area contributed by atoms with Gasteiger partial charge >= 0.3 is 0 Å². The van der Waals surface area contributed by atoms with Gasteiger partial charge in [-0.3, -0.25) is 4.79 Å². The monoisotopic (exact) mass is 321 g/mol. The number of amides is 1. The van der Waals surface area contributed by atoms with Crippen LogP contribution in [-0.2, 0) is 17.8 Å². The molecule has 0 fully saturated rings. The lowest BCUT2D eigenvalue weighted by atomic mass is 10.1. The van der Waals surface area contributed by atoms with Crippen molar-refractivity contribution in [2.24, 2.45) is 0 Å². The highest BCUT2D eigenvalue weighted by atomic mass is 16.5. The summed E-state index contributed by atoms with van der Waals surface area (Å²) in [4.78, 5) is 15.1. The number of fused-ring (bicyclic) bond motifs is 2. The average molecular weight is 321 g/mol. The first-order valence-electron chi connectivity index (χ1n) is 8.11. The first-order chi connectivity index (χ1) is 11.7. The van der Waals surface area contributed by atoms with E-state index in [9.17, 15) is 4.79 Å². The molecule has 0 radical (unpaired) electrons. The number of furan rings is 1. The third kappa shape index (κ3) is 2.22. The highest BCUT2D eigenvalue weighted by Gasteiger charge is 2.34. The Morgan fingerprint density at radius 2 is 1.96 bits per heavy atom. The van der Waals surface area contributed by atoms with Crippen LogP contribution in [0, 0.1) is 0 Å². The summed E-state index contributed by atoms with van der Waals surface area (Å²) in [6.45, 7) is 2.42. The molecule has 2 aromatic carbocycles. The largest absolute Gasteiger partial charge is 0.450 e. The first kappa shape index (κ1) is 15.0. The summed E-state index contributed by atoms with van der Waals surface area (Å²) in [7, 11) is 1.63. The van der Waals surface area contributed by atoms with E-state index in [0.29, 0.717) is 18.0 Å². The average Bonchev–Trinajstić information content (AvgIpc) is 3.12. The molecule has 0 bridgehead atoms. The maximum Gasteiger partial charge on any atom is 0.294 e. The van der Waals surface area contributed by atoms with Crippen LogP contribution in [0.5, 0.6) is 0 Å². The number of rotatable bonds is 3. The van der Waals surface area contributed by atoms with Gasteiger partial charge in [0, 0.05) is 29.8 Å². The third-order valence-electron chi connectivity index (χ3n) is 4.61. The number of carbonyl (C=O) groups is 1. The van der Waals surface area contributed by atoms with Gasteiger partial charge in [-0.05, 0) is 31.0 Å². The predicted molar refractivity (Wildman–Crippen MR) is 93.3 cm³/mol. The second kappa shape index (κ2) is 5.80. The number of carbonyl (C=O) groups excluding carboxylic acids is 1. The number of hydrogen-bond donors (Lipinski definition) is 0. The normalized spacial score (nSPS) is 16.6. The Kier molecular flexibility index (Phi) is 3.62. The van der Waals surface area contributed by atoms with Crippen molar-refractivity contribution in [3.05, 3.63) is 65.4 Å². The minimum atomic E-state index is -0.101. The molecule has 4 heteroatoms. The Morgan fingerprint density at radius 3 is 2.79 bits per heavy atom. The van der Waals surface area contributed by atoms with E-state index >= 15 is 0 Å². The summed E-state index contributed by atoms with van der Waals surface area (Å²) < 4.78 is 11.2. The molecular formula is C20H19NO3. The fraction of sp³-hybridized carbons (Fsp3) is 0.250. The summed E-state index contributed by atoms with van der Waals surface area (Å²) >= 11 is 0. The van der Waals surface area contributed by atoms with E-state index < -0.39 is 0 Å². The second-order valence-corrected chi connectivity index (χ2v) is 6.20. The molecule has 2 heterocycles. The Morgan fingerprint density at radius 1 is 1.21 bits per heavy atom. The maximum atomic E-state index is 13.3. The van der Waals surface area contributed by atoms with Crippen molar-refractivity contribution < 1.29 is 13.9 Å². The first-order valence-corrected chi connectivity index (χ1v) is 8.11. The Balaban J connectivity index is 1.83. The maximum absolute atomic E-state index is 13.3. The number of para-hydroxylation sites is 2. The fourth-order valence-electron chi connectivity index (χ4n) is 3.54. The van der Waals surface area contributed by atoms with Gasteiger partial charge in [-0.15, -0.1) is 0 Å². The van der Waals surface area contributed by atoms with E-state index in [1.165, 1.54) is 5.56 Å². The molecule has 122 valence electrons. The summed E-state index contributed by atoms with van der Waals surface area (Å²) in [6, 6.07) is 15.9. The van der Waals surface area contributed by atoms with Crippen molar-refractivity contribution >= 4 is 22.6 Å². The van der Waals surface area contributed by atoms with Crippen LogP contribution in [0.15, 0.2) is 52.9 Å². The Hall–Kier alpha value is -2.59. The van der Waals surface area contributed by atoms with Gasteiger partial charge in [-0.2, -0.15) is 0 Å². The topological polar surface area (TPSA) is 42.7 Å². The van der Waals surface area contributed by atoms with Gasteiger partial charge in [0.05, 0.1) is 6.61 Å². The molecule has 1 aliphatic heterocycles. The van der Waals surface area contributed by atoms with Gasteiger partial charge in [0.1, 0.15) is 5.58 Å². The van der Waals surface area contributed by atoms with Gasteiger partial charge in [-0.25, -0.2) is 0 Å². The van der Waals surface area contributed by atoms with Crippen molar-refractivity contribution in [1.82, 2.24) is 0 Å². The van der Waals surface area contributed by atoms with Crippen molar-refractivity contribution in [3.63, 3.8) is 0 Å². The number of anilines is 1. The van der Waals surface area contributed by atoms with Crippen molar-refractivity contribution in [2.45, 2.75) is 26.0 Å². The van der Waals surface area contributed by atoms with Crippen LogP contribution in [-0.4, -0.2) is 19.1 Å². The van der Waals surface area contributed by atoms with E-state index in [-0.39, 0.29) is 11.9 Å². The standard InChI is InChI=1S/C20H19NO3/c1-13-11-14-7-3-5-9-17(14)21(13)20(22)19-16(12-23-2)15-8-4-6-10-18(15)24-19/h3-10,13H,11-12H2,1-2H3. The lowest BCUT2D eigenvalue weighted by Crippen LogP contribution is -2.36. The number of nitrogens with zero attached hydrogens (tertiary/aromatic N) is 1. The predicted octanol–water partition coefficient (Wildman–Crippen LogP) is 4.17. The molecule has 1 atom stereocenters. The summed E-state index contributed by atoms with van der Waals surface area (Å²) in [5.74, 6) is 0.275. The van der Waals surface area contributed by atoms with Gasteiger partial charge in [0.2, 0.25) is 0 Å². The number of methoxy groups -OCH3 is 1. The molecule has 1 aromatic heterocycles. The quantitative estimate of drug-likeness (QED) is 0.727. The molecule has 1 amide bonds. The molecule has 4 nitrogen and oxygen atoms in total. The van der Waals surface area contributed by atoms with Crippen molar-refractivity contribution in [2.75, 3.05) is 12.0 Å². The van der Waals surface area contributed by atoms with Gasteiger partial charge in [0.25, 0.3) is 5.91 Å². The highest BCUT2D eigenvalue weighted by Crippen LogP contribution is 2.35. The van der Waals surface area contributed by atoms with E-state index in [1.807, 2.05) is 47.4 Å². The third-order valence-corrected chi connectivity index (χ3v) is 4.61. The van der Waals surface area contributed by atoms with Crippen molar-refractivity contribution in [1.29, 1.82) is 0 Å². The van der Waals surface area contributed by atoms with Gasteiger partial charge in [0.15, 0.2) is 5.76 Å². The molecule has 0 saturated carbocycles. The minimum absolute atomic E-state index is 0.101. The molecule has 1 unspecified atom stereocenters. The zero-order valence-electron chi connectivity index (χ0n) is 13.8. The molecule has 0 aliphatic carbocycles. The Bertz CT molecular complexity index is 912. The second-order valence-electron chi connectivity index (χ2n) is 6.20. The Labute approximate surface area is 140 Å². The van der Waals surface area contributed by atoms with E-state index in [1.54, 1.807) is 7.11 Å². The van der Waals surface area contributed by atoms with Crippen LogP contribution in [0.1, 0.15) is 28.6 Å². The highest BCUT2D eigenvalue weighted by molar-refractivity contribution is 6.09. The summed E-state index contributed by atoms with van der Waals surface area (Å²) in [5.41, 5.74) is 3.70. The van der Waals surface area contributed by atoms with Crippen LogP contribution in [0.25, 0.3) is 11.0 Å².